The van der Waals surface area contributed by atoms with Crippen LogP contribution in [-0.4, -0.2) is 24.3 Å². The first-order chi connectivity index (χ1) is 14.0. The van der Waals surface area contributed by atoms with Gasteiger partial charge in [0.15, 0.2) is 5.82 Å². The number of aromatic nitrogens is 2. The minimum absolute atomic E-state index is 0.0465. The molecule has 8 heteroatoms. The molecule has 0 spiro atoms. The van der Waals surface area contributed by atoms with E-state index >= 15 is 0 Å². The van der Waals surface area contributed by atoms with Gasteiger partial charge in [0.2, 0.25) is 0 Å². The molecule has 0 bridgehead atoms. The van der Waals surface area contributed by atoms with E-state index in [1.54, 1.807) is 42.5 Å². The number of anilines is 2. The van der Waals surface area contributed by atoms with Gasteiger partial charge in [0, 0.05) is 11.3 Å². The summed E-state index contributed by atoms with van der Waals surface area (Å²) in [6.07, 6.45) is 1.37. The second-order valence-corrected chi connectivity index (χ2v) is 7.88. The summed E-state index contributed by atoms with van der Waals surface area (Å²) in [6, 6.07) is 21.8. The van der Waals surface area contributed by atoms with E-state index in [9.17, 15) is 13.2 Å². The molecule has 1 amide bonds. The van der Waals surface area contributed by atoms with Gasteiger partial charge in [-0.2, -0.15) is 0 Å². The van der Waals surface area contributed by atoms with Crippen LogP contribution in [0.15, 0.2) is 90.0 Å². The molecule has 0 saturated heterocycles. The average molecular weight is 404 g/mol. The van der Waals surface area contributed by atoms with E-state index in [2.05, 4.69) is 20.0 Å². The van der Waals surface area contributed by atoms with Gasteiger partial charge in [0.1, 0.15) is 0 Å². The van der Waals surface area contributed by atoms with Crippen LogP contribution in [-0.2, 0) is 10.0 Å². The number of fused-ring (bicyclic) bond motifs is 1. The van der Waals surface area contributed by atoms with E-state index in [0.717, 1.165) is 0 Å². The molecule has 1 heterocycles. The standard InChI is InChI=1S/C21H16N4O3S/c26-21(15-6-2-1-3-7-15)23-16-10-12-17(13-11-16)29(27,28)25-20-14-22-18-8-4-5-9-19(18)24-20/h1-14H,(H,23,26)(H,24,25). The van der Waals surface area contributed by atoms with Gasteiger partial charge in [-0.05, 0) is 48.5 Å². The number of carbonyl (C=O) groups is 1. The molecule has 2 N–H and O–H groups in total. The topological polar surface area (TPSA) is 101 Å². The summed E-state index contributed by atoms with van der Waals surface area (Å²) in [6.45, 7) is 0. The zero-order valence-electron chi connectivity index (χ0n) is 15.1. The predicted octanol–water partition coefficient (Wildman–Crippen LogP) is 3.68. The highest BCUT2D eigenvalue weighted by molar-refractivity contribution is 7.92. The van der Waals surface area contributed by atoms with Gasteiger partial charge in [-0.1, -0.05) is 30.3 Å². The third kappa shape index (κ3) is 4.22. The monoisotopic (exact) mass is 404 g/mol. The lowest BCUT2D eigenvalue weighted by Gasteiger charge is -2.09. The van der Waals surface area contributed by atoms with Crippen molar-refractivity contribution in [2.45, 2.75) is 4.90 Å². The Balaban J connectivity index is 1.50. The van der Waals surface area contributed by atoms with Crippen LogP contribution in [0.2, 0.25) is 0 Å². The molecule has 0 atom stereocenters. The van der Waals surface area contributed by atoms with Crippen LogP contribution >= 0.6 is 0 Å². The van der Waals surface area contributed by atoms with Crippen molar-refractivity contribution in [1.29, 1.82) is 0 Å². The fourth-order valence-corrected chi connectivity index (χ4v) is 3.70. The lowest BCUT2D eigenvalue weighted by atomic mass is 10.2. The molecule has 1 aromatic heterocycles. The Morgan fingerprint density at radius 1 is 0.793 bits per heavy atom. The van der Waals surface area contributed by atoms with Crippen LogP contribution < -0.4 is 10.0 Å². The first kappa shape index (κ1) is 18.6. The largest absolute Gasteiger partial charge is 0.322 e. The maximum atomic E-state index is 12.6. The lowest BCUT2D eigenvalue weighted by Crippen LogP contribution is -2.15. The van der Waals surface area contributed by atoms with Crippen molar-refractivity contribution in [1.82, 2.24) is 9.97 Å². The van der Waals surface area contributed by atoms with Crippen molar-refractivity contribution >= 4 is 38.5 Å². The Morgan fingerprint density at radius 2 is 1.45 bits per heavy atom. The normalized spacial score (nSPS) is 11.2. The summed E-state index contributed by atoms with van der Waals surface area (Å²) in [5.74, 6) is -0.143. The van der Waals surface area contributed by atoms with Gasteiger partial charge in [-0.15, -0.1) is 0 Å². The maximum Gasteiger partial charge on any atom is 0.263 e. The molecular weight excluding hydrogens is 388 g/mol. The highest BCUT2D eigenvalue weighted by Crippen LogP contribution is 2.19. The molecule has 0 saturated carbocycles. The van der Waals surface area contributed by atoms with E-state index in [-0.39, 0.29) is 16.6 Å². The number of nitrogens with zero attached hydrogens (tertiary/aromatic N) is 2. The van der Waals surface area contributed by atoms with Crippen LogP contribution in [0.25, 0.3) is 11.0 Å². The van der Waals surface area contributed by atoms with Gasteiger partial charge < -0.3 is 5.32 Å². The van der Waals surface area contributed by atoms with Gasteiger partial charge in [-0.25, -0.2) is 13.4 Å². The maximum absolute atomic E-state index is 12.6. The third-order valence-electron chi connectivity index (χ3n) is 4.15. The average Bonchev–Trinajstić information content (AvgIpc) is 2.74. The number of amides is 1. The number of sulfonamides is 1. The van der Waals surface area contributed by atoms with Crippen LogP contribution in [0, 0.1) is 0 Å². The molecule has 4 aromatic rings. The number of carbonyl (C=O) groups excluding carboxylic acids is 1. The minimum Gasteiger partial charge on any atom is -0.322 e. The Labute approximate surface area is 167 Å². The summed E-state index contributed by atoms with van der Waals surface area (Å²) in [7, 11) is -3.84. The molecule has 0 aliphatic carbocycles. The van der Waals surface area contributed by atoms with E-state index in [1.807, 2.05) is 12.1 Å². The number of hydrogen-bond donors (Lipinski definition) is 2. The van der Waals surface area contributed by atoms with Gasteiger partial charge in [0.25, 0.3) is 15.9 Å². The Kier molecular flexibility index (Phi) is 4.92. The van der Waals surface area contributed by atoms with Crippen molar-refractivity contribution in [3.05, 3.63) is 90.6 Å². The van der Waals surface area contributed by atoms with Crippen molar-refractivity contribution in [3.8, 4) is 0 Å². The van der Waals surface area contributed by atoms with E-state index < -0.39 is 10.0 Å². The highest BCUT2D eigenvalue weighted by atomic mass is 32.2. The number of para-hydroxylation sites is 2. The second kappa shape index (κ2) is 7.69. The van der Waals surface area contributed by atoms with E-state index in [0.29, 0.717) is 22.3 Å². The lowest BCUT2D eigenvalue weighted by molar-refractivity contribution is 0.102. The van der Waals surface area contributed by atoms with Gasteiger partial charge in [0.05, 0.1) is 22.1 Å². The van der Waals surface area contributed by atoms with Crippen LogP contribution in [0.3, 0.4) is 0 Å². The molecule has 4 rings (SSSR count). The molecular formula is C21H16N4O3S. The molecule has 3 aromatic carbocycles. The fraction of sp³-hybridized carbons (Fsp3) is 0. The Morgan fingerprint density at radius 3 is 2.17 bits per heavy atom. The third-order valence-corrected chi connectivity index (χ3v) is 5.52. The zero-order valence-corrected chi connectivity index (χ0v) is 15.9. The molecule has 144 valence electrons. The molecule has 29 heavy (non-hydrogen) atoms. The van der Waals surface area contributed by atoms with Crippen molar-refractivity contribution in [2.75, 3.05) is 10.0 Å². The number of rotatable bonds is 5. The van der Waals surface area contributed by atoms with Crippen molar-refractivity contribution in [3.63, 3.8) is 0 Å². The second-order valence-electron chi connectivity index (χ2n) is 6.19. The molecule has 7 nitrogen and oxygen atoms in total. The molecule has 0 unspecified atom stereocenters. The number of hydrogen-bond acceptors (Lipinski definition) is 5. The molecule has 0 aliphatic heterocycles. The summed E-state index contributed by atoms with van der Waals surface area (Å²) >= 11 is 0. The van der Waals surface area contributed by atoms with E-state index in [1.165, 1.54) is 30.5 Å². The molecule has 0 fully saturated rings. The first-order valence-corrected chi connectivity index (χ1v) is 10.2. The Hall–Kier alpha value is -3.78. The first-order valence-electron chi connectivity index (χ1n) is 8.72. The SMILES string of the molecule is O=C(Nc1ccc(S(=O)(=O)Nc2cnc3ccccc3n2)cc1)c1ccccc1. The van der Waals surface area contributed by atoms with Gasteiger partial charge in [-0.3, -0.25) is 14.5 Å². The smallest absolute Gasteiger partial charge is 0.263 e. The fourth-order valence-electron chi connectivity index (χ4n) is 2.71. The molecule has 0 aliphatic rings. The van der Waals surface area contributed by atoms with Crippen molar-refractivity contribution < 1.29 is 13.2 Å². The quantitative estimate of drug-likeness (QED) is 0.528. The van der Waals surface area contributed by atoms with Gasteiger partial charge >= 0.3 is 0 Å². The molecule has 0 radical (unpaired) electrons. The highest BCUT2D eigenvalue weighted by Gasteiger charge is 2.16. The summed E-state index contributed by atoms with van der Waals surface area (Å²) < 4.78 is 27.7. The van der Waals surface area contributed by atoms with Crippen molar-refractivity contribution in [2.24, 2.45) is 0 Å². The summed E-state index contributed by atoms with van der Waals surface area (Å²) in [5, 5.41) is 2.73. The summed E-state index contributed by atoms with van der Waals surface area (Å²) in [5.41, 5.74) is 2.27. The van der Waals surface area contributed by atoms with Crippen LogP contribution in [0.5, 0.6) is 0 Å². The number of nitrogens with one attached hydrogen (secondary N) is 2. The summed E-state index contributed by atoms with van der Waals surface area (Å²) in [4.78, 5) is 20.7. The number of benzene rings is 3. The zero-order chi connectivity index (χ0) is 20.3. The minimum atomic E-state index is -3.84. The predicted molar refractivity (Wildman–Crippen MR) is 111 cm³/mol. The van der Waals surface area contributed by atoms with Crippen LogP contribution in [0.1, 0.15) is 10.4 Å². The Bertz CT molecular complexity index is 1270. The van der Waals surface area contributed by atoms with E-state index in [4.69, 9.17) is 0 Å². The van der Waals surface area contributed by atoms with Crippen LogP contribution in [0.4, 0.5) is 11.5 Å².